The van der Waals surface area contributed by atoms with Gasteiger partial charge in [-0.1, -0.05) is 6.92 Å². The SMILES string of the molecule is CCSCCS(=O)(=O)c1cc(C)c(F)c(C(=O)O)c1. The molecule has 106 valence electrons. The first-order valence-electron chi connectivity index (χ1n) is 5.63. The number of carboxylic acid groups (broad SMARTS) is 1. The van der Waals surface area contributed by atoms with Gasteiger partial charge in [0.1, 0.15) is 5.82 Å². The van der Waals surface area contributed by atoms with Crippen molar-refractivity contribution in [3.63, 3.8) is 0 Å². The lowest BCUT2D eigenvalue weighted by Crippen LogP contribution is -2.12. The van der Waals surface area contributed by atoms with Crippen molar-refractivity contribution in [3.05, 3.63) is 29.1 Å². The molecule has 0 radical (unpaired) electrons. The van der Waals surface area contributed by atoms with Crippen LogP contribution in [0.15, 0.2) is 17.0 Å². The molecule has 0 aliphatic rings. The summed E-state index contributed by atoms with van der Waals surface area (Å²) < 4.78 is 37.6. The third-order valence-corrected chi connectivity index (χ3v) is 5.37. The van der Waals surface area contributed by atoms with E-state index in [0.29, 0.717) is 5.75 Å². The van der Waals surface area contributed by atoms with Crippen molar-refractivity contribution in [2.24, 2.45) is 0 Å². The summed E-state index contributed by atoms with van der Waals surface area (Å²) in [4.78, 5) is 10.7. The predicted octanol–water partition coefficient (Wildman–Crippen LogP) is 2.36. The Morgan fingerprint density at radius 2 is 2.05 bits per heavy atom. The van der Waals surface area contributed by atoms with Crippen molar-refractivity contribution in [3.8, 4) is 0 Å². The van der Waals surface area contributed by atoms with Crippen LogP contribution in [-0.4, -0.2) is 36.8 Å². The molecule has 0 unspecified atom stereocenters. The van der Waals surface area contributed by atoms with Gasteiger partial charge < -0.3 is 5.11 Å². The second kappa shape index (κ2) is 6.38. The van der Waals surface area contributed by atoms with E-state index >= 15 is 0 Å². The van der Waals surface area contributed by atoms with E-state index in [2.05, 4.69) is 0 Å². The maximum Gasteiger partial charge on any atom is 0.338 e. The Kier molecular flexibility index (Phi) is 5.37. The molecule has 0 fully saturated rings. The zero-order chi connectivity index (χ0) is 14.6. The van der Waals surface area contributed by atoms with Crippen LogP contribution in [-0.2, 0) is 9.84 Å². The second-order valence-electron chi connectivity index (χ2n) is 3.92. The lowest BCUT2D eigenvalue weighted by atomic mass is 10.1. The molecule has 0 bridgehead atoms. The number of hydrogen-bond acceptors (Lipinski definition) is 4. The van der Waals surface area contributed by atoms with E-state index in [1.54, 1.807) is 0 Å². The van der Waals surface area contributed by atoms with Crippen LogP contribution in [0.3, 0.4) is 0 Å². The van der Waals surface area contributed by atoms with Crippen LogP contribution >= 0.6 is 11.8 Å². The fourth-order valence-corrected chi connectivity index (χ4v) is 4.03. The van der Waals surface area contributed by atoms with Crippen LogP contribution in [0.5, 0.6) is 0 Å². The minimum Gasteiger partial charge on any atom is -0.478 e. The first-order valence-corrected chi connectivity index (χ1v) is 8.44. The van der Waals surface area contributed by atoms with Crippen LogP contribution in [0.25, 0.3) is 0 Å². The summed E-state index contributed by atoms with van der Waals surface area (Å²) in [6, 6.07) is 2.06. The fourth-order valence-electron chi connectivity index (χ4n) is 1.50. The maximum atomic E-state index is 13.5. The van der Waals surface area contributed by atoms with E-state index in [0.717, 1.165) is 11.8 Å². The quantitative estimate of drug-likeness (QED) is 0.645. The van der Waals surface area contributed by atoms with Crippen molar-refractivity contribution >= 4 is 27.6 Å². The molecule has 0 spiro atoms. The molecule has 1 aromatic carbocycles. The van der Waals surface area contributed by atoms with E-state index in [1.807, 2.05) is 6.92 Å². The number of thioether (sulfide) groups is 1. The van der Waals surface area contributed by atoms with Crippen molar-refractivity contribution in [1.82, 2.24) is 0 Å². The van der Waals surface area contributed by atoms with Crippen LogP contribution < -0.4 is 0 Å². The highest BCUT2D eigenvalue weighted by Crippen LogP contribution is 2.21. The van der Waals surface area contributed by atoms with Crippen LogP contribution in [0.4, 0.5) is 4.39 Å². The van der Waals surface area contributed by atoms with Crippen molar-refractivity contribution in [1.29, 1.82) is 0 Å². The molecule has 7 heteroatoms. The number of aryl methyl sites for hydroxylation is 1. The summed E-state index contributed by atoms with van der Waals surface area (Å²) in [5.74, 6) is -1.22. The van der Waals surface area contributed by atoms with Crippen molar-refractivity contribution < 1.29 is 22.7 Å². The molecule has 0 amide bonds. The first-order chi connectivity index (χ1) is 8.79. The molecular formula is C12H15FO4S2. The molecule has 0 atom stereocenters. The molecule has 4 nitrogen and oxygen atoms in total. The van der Waals surface area contributed by atoms with Gasteiger partial charge in [0.05, 0.1) is 16.2 Å². The molecule has 0 saturated heterocycles. The number of hydrogen-bond donors (Lipinski definition) is 1. The van der Waals surface area contributed by atoms with E-state index in [-0.39, 0.29) is 16.2 Å². The van der Waals surface area contributed by atoms with Crippen molar-refractivity contribution in [2.75, 3.05) is 17.3 Å². The van der Waals surface area contributed by atoms with E-state index in [1.165, 1.54) is 24.8 Å². The standard InChI is InChI=1S/C12H15FO4S2/c1-3-18-4-5-19(16,17)9-6-8(2)11(13)10(7-9)12(14)15/h6-7H,3-5H2,1-2H3,(H,14,15). The Hall–Kier alpha value is -1.08. The summed E-state index contributed by atoms with van der Waals surface area (Å²) in [7, 11) is -3.58. The second-order valence-corrected chi connectivity index (χ2v) is 7.43. The third kappa shape index (κ3) is 3.94. The Morgan fingerprint density at radius 1 is 1.42 bits per heavy atom. The van der Waals surface area contributed by atoms with Gasteiger partial charge in [-0.2, -0.15) is 11.8 Å². The van der Waals surface area contributed by atoms with Gasteiger partial charge in [-0.25, -0.2) is 17.6 Å². The topological polar surface area (TPSA) is 71.4 Å². The summed E-state index contributed by atoms with van der Waals surface area (Å²) in [5.41, 5.74) is -0.594. The van der Waals surface area contributed by atoms with Gasteiger partial charge in [-0.15, -0.1) is 0 Å². The van der Waals surface area contributed by atoms with E-state index in [9.17, 15) is 17.6 Å². The van der Waals surface area contributed by atoms with Crippen LogP contribution in [0.2, 0.25) is 0 Å². The van der Waals surface area contributed by atoms with Gasteiger partial charge in [0.15, 0.2) is 9.84 Å². The van der Waals surface area contributed by atoms with Gasteiger partial charge >= 0.3 is 5.97 Å². The smallest absolute Gasteiger partial charge is 0.338 e. The molecule has 1 aromatic rings. The summed E-state index contributed by atoms with van der Waals surface area (Å²) in [6.45, 7) is 3.27. The van der Waals surface area contributed by atoms with E-state index in [4.69, 9.17) is 5.11 Å². The van der Waals surface area contributed by atoms with Crippen LogP contribution in [0, 0.1) is 12.7 Å². The van der Waals surface area contributed by atoms with Gasteiger partial charge in [-0.3, -0.25) is 0 Å². The molecule has 0 aliphatic carbocycles. The Balaban J connectivity index is 3.17. The largest absolute Gasteiger partial charge is 0.478 e. The molecule has 1 N–H and O–H groups in total. The summed E-state index contributed by atoms with van der Waals surface area (Å²) in [5, 5.41) is 8.86. The number of sulfone groups is 1. The number of carbonyl (C=O) groups is 1. The highest BCUT2D eigenvalue weighted by Gasteiger charge is 2.21. The van der Waals surface area contributed by atoms with Crippen molar-refractivity contribution in [2.45, 2.75) is 18.7 Å². The molecular weight excluding hydrogens is 291 g/mol. The zero-order valence-electron chi connectivity index (χ0n) is 10.6. The lowest BCUT2D eigenvalue weighted by molar-refractivity contribution is 0.0691. The van der Waals surface area contributed by atoms with Gasteiger partial charge in [-0.05, 0) is 30.4 Å². The minimum absolute atomic E-state index is 0.0154. The highest BCUT2D eigenvalue weighted by molar-refractivity contribution is 8.00. The summed E-state index contributed by atoms with van der Waals surface area (Å²) in [6.07, 6.45) is 0. The Morgan fingerprint density at radius 3 is 2.58 bits per heavy atom. The molecule has 0 aliphatic heterocycles. The highest BCUT2D eigenvalue weighted by atomic mass is 32.2. The fraction of sp³-hybridized carbons (Fsp3) is 0.417. The Bertz CT molecular complexity index is 582. The zero-order valence-corrected chi connectivity index (χ0v) is 12.3. The predicted molar refractivity (Wildman–Crippen MR) is 73.1 cm³/mol. The van der Waals surface area contributed by atoms with E-state index < -0.39 is 27.2 Å². The number of aromatic carboxylic acids is 1. The number of benzene rings is 1. The Labute approximate surface area is 115 Å². The maximum absolute atomic E-state index is 13.5. The number of rotatable bonds is 6. The number of carboxylic acids is 1. The third-order valence-electron chi connectivity index (χ3n) is 2.52. The normalized spacial score (nSPS) is 11.5. The molecule has 0 saturated carbocycles. The van der Waals surface area contributed by atoms with Gasteiger partial charge in [0, 0.05) is 5.75 Å². The summed E-state index contributed by atoms with van der Waals surface area (Å²) >= 11 is 1.48. The average Bonchev–Trinajstić information content (AvgIpc) is 2.32. The molecule has 0 heterocycles. The minimum atomic E-state index is -3.58. The molecule has 1 rings (SSSR count). The first kappa shape index (κ1) is 16.0. The lowest BCUT2D eigenvalue weighted by Gasteiger charge is -2.08. The van der Waals surface area contributed by atoms with Crippen LogP contribution in [0.1, 0.15) is 22.8 Å². The molecule has 19 heavy (non-hydrogen) atoms. The average molecular weight is 306 g/mol. The van der Waals surface area contributed by atoms with Gasteiger partial charge in [0.2, 0.25) is 0 Å². The van der Waals surface area contributed by atoms with Gasteiger partial charge in [0.25, 0.3) is 0 Å². The number of halogens is 1. The molecule has 0 aromatic heterocycles. The monoisotopic (exact) mass is 306 g/mol.